The van der Waals surface area contributed by atoms with Crippen LogP contribution in [0.25, 0.3) is 0 Å². The van der Waals surface area contributed by atoms with E-state index in [0.29, 0.717) is 12.2 Å². The highest BCUT2D eigenvalue weighted by atomic mass is 16.2. The molecular formula is C12H17N3O. The Morgan fingerprint density at radius 1 is 1.56 bits per heavy atom. The summed E-state index contributed by atoms with van der Waals surface area (Å²) in [6, 6.07) is 5.75. The van der Waals surface area contributed by atoms with Gasteiger partial charge in [-0.25, -0.2) is 4.79 Å². The van der Waals surface area contributed by atoms with Crippen LogP contribution in [0.2, 0.25) is 0 Å². The average Bonchev–Trinajstić information content (AvgIpc) is 2.71. The summed E-state index contributed by atoms with van der Waals surface area (Å²) in [6.45, 7) is 3.46. The van der Waals surface area contributed by atoms with Gasteiger partial charge >= 0.3 is 6.03 Å². The van der Waals surface area contributed by atoms with Crippen LogP contribution in [0.5, 0.6) is 0 Å². The summed E-state index contributed by atoms with van der Waals surface area (Å²) >= 11 is 0. The number of nitrogens with two attached hydrogens (primary N) is 1. The van der Waals surface area contributed by atoms with Gasteiger partial charge in [-0.15, -0.1) is 0 Å². The van der Waals surface area contributed by atoms with Crippen molar-refractivity contribution in [3.63, 3.8) is 0 Å². The normalized spacial score (nSPS) is 13.7. The van der Waals surface area contributed by atoms with Crippen LogP contribution in [0, 0.1) is 0 Å². The first-order chi connectivity index (χ1) is 7.74. The predicted molar refractivity (Wildman–Crippen MR) is 65.6 cm³/mol. The summed E-state index contributed by atoms with van der Waals surface area (Å²) in [7, 11) is 0. The lowest BCUT2D eigenvalue weighted by molar-refractivity contribution is 0.247. The first kappa shape index (κ1) is 10.8. The second-order valence-corrected chi connectivity index (χ2v) is 3.99. The van der Waals surface area contributed by atoms with Crippen molar-refractivity contribution in [2.24, 2.45) is 0 Å². The largest absolute Gasteiger partial charge is 0.397 e. The topological polar surface area (TPSA) is 58.4 Å². The van der Waals surface area contributed by atoms with Crippen molar-refractivity contribution in [3.8, 4) is 0 Å². The molecule has 3 N–H and O–H groups in total. The molecule has 0 aromatic heterocycles. The molecule has 0 atom stereocenters. The molecule has 0 unspecified atom stereocenters. The third kappa shape index (κ3) is 1.83. The van der Waals surface area contributed by atoms with Crippen LogP contribution in [0.1, 0.15) is 18.9 Å². The number of rotatable bonds is 2. The first-order valence-corrected chi connectivity index (χ1v) is 5.66. The number of fused-ring (bicyclic) bond motifs is 1. The lowest BCUT2D eigenvalue weighted by atomic mass is 10.1. The highest BCUT2D eigenvalue weighted by molar-refractivity contribution is 5.97. The zero-order chi connectivity index (χ0) is 11.5. The Morgan fingerprint density at radius 2 is 2.38 bits per heavy atom. The minimum absolute atomic E-state index is 0.0431. The van der Waals surface area contributed by atoms with Gasteiger partial charge in [0.05, 0.1) is 11.4 Å². The van der Waals surface area contributed by atoms with Gasteiger partial charge in [0.25, 0.3) is 0 Å². The molecule has 1 aliphatic rings. The van der Waals surface area contributed by atoms with E-state index < -0.39 is 0 Å². The quantitative estimate of drug-likeness (QED) is 0.744. The highest BCUT2D eigenvalue weighted by Crippen LogP contribution is 2.33. The molecule has 0 spiro atoms. The van der Waals surface area contributed by atoms with E-state index in [9.17, 15) is 4.79 Å². The summed E-state index contributed by atoms with van der Waals surface area (Å²) in [5.41, 5.74) is 8.63. The van der Waals surface area contributed by atoms with Crippen LogP contribution in [-0.2, 0) is 6.42 Å². The molecule has 0 saturated heterocycles. The molecular weight excluding hydrogens is 202 g/mol. The van der Waals surface area contributed by atoms with Gasteiger partial charge in [-0.2, -0.15) is 0 Å². The number of carbonyl (C=O) groups is 1. The highest BCUT2D eigenvalue weighted by Gasteiger charge is 2.25. The van der Waals surface area contributed by atoms with Crippen molar-refractivity contribution >= 4 is 17.4 Å². The molecule has 0 bridgehead atoms. The van der Waals surface area contributed by atoms with Crippen molar-refractivity contribution < 1.29 is 4.79 Å². The van der Waals surface area contributed by atoms with Gasteiger partial charge in [-0.1, -0.05) is 19.1 Å². The lowest BCUT2D eigenvalue weighted by Crippen LogP contribution is -2.39. The molecule has 1 heterocycles. The van der Waals surface area contributed by atoms with E-state index in [0.717, 1.165) is 30.6 Å². The molecule has 2 rings (SSSR count). The van der Waals surface area contributed by atoms with Gasteiger partial charge in [-0.05, 0) is 24.5 Å². The number of urea groups is 1. The summed E-state index contributed by atoms with van der Waals surface area (Å²) in [6.07, 6.45) is 1.83. The van der Waals surface area contributed by atoms with Gasteiger partial charge in [-0.3, -0.25) is 4.90 Å². The summed E-state index contributed by atoms with van der Waals surface area (Å²) in [5.74, 6) is 0. The van der Waals surface area contributed by atoms with Crippen molar-refractivity contribution in [2.45, 2.75) is 19.8 Å². The molecule has 0 aliphatic carbocycles. The fourth-order valence-electron chi connectivity index (χ4n) is 2.02. The number of carbonyl (C=O) groups excluding carboxylic acids is 1. The molecule has 0 saturated carbocycles. The molecule has 4 heteroatoms. The molecule has 16 heavy (non-hydrogen) atoms. The van der Waals surface area contributed by atoms with Gasteiger partial charge in [0, 0.05) is 13.1 Å². The van der Waals surface area contributed by atoms with E-state index >= 15 is 0 Å². The number of nitrogens with one attached hydrogen (secondary N) is 1. The second kappa shape index (κ2) is 4.43. The molecule has 1 aromatic rings. The van der Waals surface area contributed by atoms with Crippen LogP contribution in [-0.4, -0.2) is 19.1 Å². The van der Waals surface area contributed by atoms with E-state index in [1.807, 2.05) is 25.1 Å². The van der Waals surface area contributed by atoms with Gasteiger partial charge < -0.3 is 11.1 Å². The number of benzene rings is 1. The summed E-state index contributed by atoms with van der Waals surface area (Å²) in [4.78, 5) is 13.6. The first-order valence-electron chi connectivity index (χ1n) is 5.66. The van der Waals surface area contributed by atoms with Crippen LogP contribution >= 0.6 is 0 Å². The Hall–Kier alpha value is -1.71. The number of hydrogen-bond acceptors (Lipinski definition) is 2. The maximum Gasteiger partial charge on any atom is 0.321 e. The predicted octanol–water partition coefficient (Wildman–Crippen LogP) is 1.75. The van der Waals surface area contributed by atoms with Crippen LogP contribution in [0.4, 0.5) is 16.2 Å². The summed E-state index contributed by atoms with van der Waals surface area (Å²) in [5, 5.41) is 2.87. The van der Waals surface area contributed by atoms with Crippen molar-refractivity contribution in [3.05, 3.63) is 23.8 Å². The van der Waals surface area contributed by atoms with Crippen molar-refractivity contribution in [2.75, 3.05) is 23.7 Å². The van der Waals surface area contributed by atoms with E-state index in [1.165, 1.54) is 0 Å². The number of anilines is 2. The van der Waals surface area contributed by atoms with Crippen LogP contribution in [0.15, 0.2) is 18.2 Å². The maximum atomic E-state index is 11.9. The van der Waals surface area contributed by atoms with E-state index in [-0.39, 0.29) is 6.03 Å². The standard InChI is InChI=1S/C12H17N3O/c1-2-7-14-12(16)15-8-6-9-4-3-5-10(13)11(9)15/h3-5H,2,6-8,13H2,1H3,(H,14,16). The van der Waals surface area contributed by atoms with Crippen LogP contribution < -0.4 is 16.0 Å². The number of amides is 2. The molecule has 4 nitrogen and oxygen atoms in total. The molecule has 1 aromatic carbocycles. The molecule has 0 fully saturated rings. The Labute approximate surface area is 95.4 Å². The Bertz CT molecular complexity index is 403. The van der Waals surface area contributed by atoms with Gasteiger partial charge in [0.15, 0.2) is 0 Å². The van der Waals surface area contributed by atoms with E-state index in [1.54, 1.807) is 4.90 Å². The Balaban J connectivity index is 2.19. The average molecular weight is 219 g/mol. The monoisotopic (exact) mass is 219 g/mol. The molecule has 86 valence electrons. The molecule has 0 radical (unpaired) electrons. The van der Waals surface area contributed by atoms with Crippen LogP contribution in [0.3, 0.4) is 0 Å². The smallest absolute Gasteiger partial charge is 0.321 e. The third-order valence-electron chi connectivity index (χ3n) is 2.80. The third-order valence-corrected chi connectivity index (χ3v) is 2.80. The number of para-hydroxylation sites is 1. The van der Waals surface area contributed by atoms with E-state index in [4.69, 9.17) is 5.73 Å². The fraction of sp³-hybridized carbons (Fsp3) is 0.417. The zero-order valence-electron chi connectivity index (χ0n) is 9.49. The van der Waals surface area contributed by atoms with Crippen molar-refractivity contribution in [1.29, 1.82) is 0 Å². The minimum atomic E-state index is -0.0431. The number of hydrogen-bond donors (Lipinski definition) is 2. The second-order valence-electron chi connectivity index (χ2n) is 3.99. The maximum absolute atomic E-state index is 11.9. The SMILES string of the molecule is CCCNC(=O)N1CCc2cccc(N)c21. The number of nitrogen functional groups attached to an aromatic ring is 1. The fourth-order valence-corrected chi connectivity index (χ4v) is 2.02. The van der Waals surface area contributed by atoms with E-state index in [2.05, 4.69) is 5.32 Å². The Morgan fingerprint density at radius 3 is 3.12 bits per heavy atom. The lowest BCUT2D eigenvalue weighted by Gasteiger charge is -2.19. The minimum Gasteiger partial charge on any atom is -0.397 e. The Kier molecular flexibility index (Phi) is 2.99. The van der Waals surface area contributed by atoms with Crippen molar-refractivity contribution in [1.82, 2.24) is 5.32 Å². The molecule has 1 aliphatic heterocycles. The number of nitrogens with zero attached hydrogens (tertiary/aromatic N) is 1. The van der Waals surface area contributed by atoms with Gasteiger partial charge in [0.2, 0.25) is 0 Å². The summed E-state index contributed by atoms with van der Waals surface area (Å²) < 4.78 is 0. The molecule has 2 amide bonds. The van der Waals surface area contributed by atoms with Gasteiger partial charge in [0.1, 0.15) is 0 Å². The zero-order valence-corrected chi connectivity index (χ0v) is 9.49.